The highest BCUT2D eigenvalue weighted by atomic mass is 16.5. The van der Waals surface area contributed by atoms with Gasteiger partial charge in [-0.05, 0) is 74.3 Å². The number of carbonyl (C=O) groups excluding carboxylic acids is 2. The maximum atomic E-state index is 12.4. The molecule has 0 radical (unpaired) electrons. The number of ether oxygens (including phenoxy) is 2. The van der Waals surface area contributed by atoms with Crippen LogP contribution in [-0.4, -0.2) is 38.2 Å². The van der Waals surface area contributed by atoms with Crippen LogP contribution in [0.3, 0.4) is 0 Å². The van der Waals surface area contributed by atoms with Gasteiger partial charge in [-0.3, -0.25) is 0 Å². The zero-order valence-electron chi connectivity index (χ0n) is 26.9. The second-order valence-electron chi connectivity index (χ2n) is 12.6. The molecule has 0 aliphatic heterocycles. The summed E-state index contributed by atoms with van der Waals surface area (Å²) in [4.78, 5) is 24.8. The lowest BCUT2D eigenvalue weighted by molar-refractivity contribution is -0.139. The second kappa shape index (κ2) is 16.3. The molecule has 2 rings (SSSR count). The van der Waals surface area contributed by atoms with E-state index in [0.29, 0.717) is 61.1 Å². The number of hydrogen-bond donors (Lipinski definition) is 2. The van der Waals surface area contributed by atoms with E-state index in [2.05, 4.69) is 22.8 Å². The Morgan fingerprint density at radius 3 is 1.32 bits per heavy atom. The Hall–Kier alpha value is -4.54. The largest absolute Gasteiger partial charge is 0.462 e. The lowest BCUT2D eigenvalue weighted by Gasteiger charge is -2.34. The fourth-order valence-electron chi connectivity index (χ4n) is 5.72. The van der Waals surface area contributed by atoms with E-state index in [0.717, 1.165) is 37.1 Å². The summed E-state index contributed by atoms with van der Waals surface area (Å²) in [6.45, 7) is 13.1. The zero-order chi connectivity index (χ0) is 32.9. The fraction of sp³-hybridized carbons (Fsp3) is 0.588. The number of hydrogen-bond acceptors (Lipinski definition) is 10. The first kappa shape index (κ1) is 35.7. The first-order valence-corrected chi connectivity index (χ1v) is 15.2. The Kier molecular flexibility index (Phi) is 13.2. The molecular formula is C34H44N6O4. The van der Waals surface area contributed by atoms with Crippen molar-refractivity contribution in [2.45, 2.75) is 92.9 Å². The summed E-state index contributed by atoms with van der Waals surface area (Å²) >= 11 is 0. The monoisotopic (exact) mass is 600 g/mol. The highest BCUT2D eigenvalue weighted by Gasteiger charge is 2.35. The summed E-state index contributed by atoms with van der Waals surface area (Å²) in [5.74, 6) is -1.40. The van der Waals surface area contributed by atoms with Crippen LogP contribution in [0.25, 0.3) is 0 Å². The van der Waals surface area contributed by atoms with Crippen LogP contribution in [-0.2, 0) is 19.1 Å². The molecule has 0 atom stereocenters. The van der Waals surface area contributed by atoms with Crippen molar-refractivity contribution in [1.29, 1.82) is 21.0 Å². The van der Waals surface area contributed by atoms with Gasteiger partial charge in [0, 0.05) is 24.5 Å². The molecule has 2 aliphatic rings. The van der Waals surface area contributed by atoms with E-state index in [1.807, 2.05) is 39.8 Å². The van der Waals surface area contributed by atoms with Gasteiger partial charge in [0.25, 0.3) is 0 Å². The molecule has 10 nitrogen and oxygen atoms in total. The molecule has 0 aromatic carbocycles. The van der Waals surface area contributed by atoms with Crippen molar-refractivity contribution in [3.8, 4) is 24.3 Å². The Bertz CT molecular complexity index is 1310. The molecule has 2 aliphatic carbocycles. The molecule has 0 bridgehead atoms. The number of esters is 2. The van der Waals surface area contributed by atoms with Gasteiger partial charge in [-0.2, -0.15) is 21.0 Å². The van der Waals surface area contributed by atoms with E-state index in [9.17, 15) is 30.6 Å². The average Bonchev–Trinajstić information content (AvgIpc) is 2.94. The number of carbonyl (C=O) groups is 2. The van der Waals surface area contributed by atoms with Crippen LogP contribution in [0.4, 0.5) is 0 Å². The Morgan fingerprint density at radius 1 is 0.659 bits per heavy atom. The van der Waals surface area contributed by atoms with Crippen molar-refractivity contribution in [1.82, 2.24) is 10.6 Å². The summed E-state index contributed by atoms with van der Waals surface area (Å²) in [6, 6.07) is 8.34. The lowest BCUT2D eigenvalue weighted by atomic mass is 9.73. The van der Waals surface area contributed by atoms with E-state index in [1.54, 1.807) is 13.8 Å². The van der Waals surface area contributed by atoms with Crippen LogP contribution in [0.15, 0.2) is 44.8 Å². The summed E-state index contributed by atoms with van der Waals surface area (Å²) < 4.78 is 10.1. The molecule has 0 amide bonds. The quantitative estimate of drug-likeness (QED) is 0.116. The van der Waals surface area contributed by atoms with Gasteiger partial charge in [0.2, 0.25) is 0 Å². The molecule has 44 heavy (non-hydrogen) atoms. The highest BCUT2D eigenvalue weighted by Crippen LogP contribution is 2.43. The Labute approximate surface area is 261 Å². The van der Waals surface area contributed by atoms with E-state index >= 15 is 0 Å². The summed E-state index contributed by atoms with van der Waals surface area (Å²) in [6.07, 6.45) is 5.75. The minimum Gasteiger partial charge on any atom is -0.462 e. The van der Waals surface area contributed by atoms with Crippen LogP contribution in [0.5, 0.6) is 0 Å². The molecule has 0 aromatic rings. The molecule has 2 N–H and O–H groups in total. The van der Waals surface area contributed by atoms with Crippen molar-refractivity contribution in [3.63, 3.8) is 0 Å². The van der Waals surface area contributed by atoms with E-state index in [1.165, 1.54) is 0 Å². The predicted molar refractivity (Wildman–Crippen MR) is 164 cm³/mol. The maximum absolute atomic E-state index is 12.4. The standard InChI is InChI=1S/C34H44N6O4/c1-7-43-31(41)27(21-37)23-15-33(3,4)17-29(25(23)19-35)39-13-11-9-10-12-14-40-30-18-34(5,6)16-24(26(30)20-36)28(22-38)32(42)44-8-2/h39-40H,7-18H2,1-6H3/b27-23+,28-24+. The summed E-state index contributed by atoms with van der Waals surface area (Å²) in [5.41, 5.74) is 2.41. The number of rotatable bonds is 13. The van der Waals surface area contributed by atoms with Gasteiger partial charge in [0.05, 0.1) is 24.4 Å². The second-order valence-corrected chi connectivity index (χ2v) is 12.6. The van der Waals surface area contributed by atoms with Crippen LogP contribution in [0.2, 0.25) is 0 Å². The average molecular weight is 601 g/mol. The molecule has 0 spiro atoms. The Balaban J connectivity index is 2.02. The molecule has 0 fully saturated rings. The molecule has 0 saturated heterocycles. The lowest BCUT2D eigenvalue weighted by Crippen LogP contribution is -2.29. The molecular weight excluding hydrogens is 556 g/mol. The van der Waals surface area contributed by atoms with Gasteiger partial charge in [0.15, 0.2) is 0 Å². The number of nitrogens with one attached hydrogen (secondary N) is 2. The number of unbranched alkanes of at least 4 members (excludes halogenated alkanes) is 3. The van der Waals surface area contributed by atoms with E-state index < -0.39 is 11.9 Å². The molecule has 10 heteroatoms. The van der Waals surface area contributed by atoms with Crippen LogP contribution < -0.4 is 10.6 Å². The number of nitriles is 4. The summed E-state index contributed by atoms with van der Waals surface area (Å²) in [5, 5.41) is 46.0. The third-order valence-electron chi connectivity index (χ3n) is 7.62. The van der Waals surface area contributed by atoms with Crippen LogP contribution >= 0.6 is 0 Å². The topological polar surface area (TPSA) is 172 Å². The third kappa shape index (κ3) is 9.48. The zero-order valence-corrected chi connectivity index (χ0v) is 26.9. The van der Waals surface area contributed by atoms with E-state index in [-0.39, 0.29) is 35.2 Å². The summed E-state index contributed by atoms with van der Waals surface area (Å²) in [7, 11) is 0. The maximum Gasteiger partial charge on any atom is 0.349 e. The van der Waals surface area contributed by atoms with Crippen molar-refractivity contribution >= 4 is 11.9 Å². The number of allylic oxidation sites excluding steroid dienone is 6. The van der Waals surface area contributed by atoms with Gasteiger partial charge in [-0.25, -0.2) is 9.59 Å². The minimum absolute atomic E-state index is 0.105. The van der Waals surface area contributed by atoms with Crippen molar-refractivity contribution in [2.24, 2.45) is 10.8 Å². The third-order valence-corrected chi connectivity index (χ3v) is 7.62. The van der Waals surface area contributed by atoms with Gasteiger partial charge in [-0.15, -0.1) is 0 Å². The molecule has 0 saturated carbocycles. The highest BCUT2D eigenvalue weighted by molar-refractivity contribution is 5.95. The van der Waals surface area contributed by atoms with Crippen molar-refractivity contribution in [3.05, 3.63) is 44.8 Å². The van der Waals surface area contributed by atoms with Crippen molar-refractivity contribution < 1.29 is 19.1 Å². The van der Waals surface area contributed by atoms with Gasteiger partial charge in [0.1, 0.15) is 35.4 Å². The number of nitrogens with zero attached hydrogens (tertiary/aromatic N) is 4. The first-order chi connectivity index (χ1) is 20.9. The van der Waals surface area contributed by atoms with Gasteiger partial charge >= 0.3 is 11.9 Å². The fourth-order valence-corrected chi connectivity index (χ4v) is 5.72. The van der Waals surface area contributed by atoms with Gasteiger partial charge < -0.3 is 20.1 Å². The first-order valence-electron chi connectivity index (χ1n) is 15.2. The molecule has 0 heterocycles. The minimum atomic E-state index is -0.699. The molecule has 0 aromatic heterocycles. The molecule has 0 unspecified atom stereocenters. The molecule has 234 valence electrons. The van der Waals surface area contributed by atoms with Crippen LogP contribution in [0.1, 0.15) is 92.9 Å². The Morgan fingerprint density at radius 2 is 1.02 bits per heavy atom. The van der Waals surface area contributed by atoms with Gasteiger partial charge in [-0.1, -0.05) is 40.5 Å². The van der Waals surface area contributed by atoms with E-state index in [4.69, 9.17) is 9.47 Å². The predicted octanol–water partition coefficient (Wildman–Crippen LogP) is 5.69. The van der Waals surface area contributed by atoms with Crippen molar-refractivity contribution in [2.75, 3.05) is 26.3 Å². The normalized spacial score (nSPS) is 19.4. The van der Waals surface area contributed by atoms with Crippen LogP contribution in [0, 0.1) is 56.2 Å². The SMILES string of the molecule is CCOC(=O)/C(C#N)=C1\CC(C)(C)CC(NCCCCCCNC2=C(C#N)/C(=C(\C#N)C(=O)OCC)CC(C)(C)C2)=C1C#N. The smallest absolute Gasteiger partial charge is 0.349 e.